The average Bonchev–Trinajstić information content (AvgIpc) is 3.11. The Morgan fingerprint density at radius 3 is 3.09 bits per heavy atom. The van der Waals surface area contributed by atoms with Gasteiger partial charge in [-0.1, -0.05) is 6.92 Å². The Kier molecular flexibility index (Phi) is 4.43. The van der Waals surface area contributed by atoms with Crippen molar-refractivity contribution in [2.24, 2.45) is 0 Å². The number of halogens is 1. The van der Waals surface area contributed by atoms with Crippen LogP contribution in [0, 0.1) is 5.82 Å². The summed E-state index contributed by atoms with van der Waals surface area (Å²) >= 11 is 0. The van der Waals surface area contributed by atoms with Crippen molar-refractivity contribution in [3.63, 3.8) is 0 Å². The van der Waals surface area contributed by atoms with Crippen molar-refractivity contribution in [1.82, 2.24) is 10.3 Å². The maximum absolute atomic E-state index is 13.9. The molecule has 1 aliphatic carbocycles. The zero-order valence-corrected chi connectivity index (χ0v) is 13.0. The van der Waals surface area contributed by atoms with Crippen LogP contribution in [0.1, 0.15) is 48.6 Å². The molecule has 0 spiro atoms. The number of nitrogens with one attached hydrogen (secondary N) is 1. The number of aryl methyl sites for hydroxylation is 2. The molecule has 0 bridgehead atoms. The zero-order chi connectivity index (χ0) is 15.5. The Morgan fingerprint density at radius 1 is 1.45 bits per heavy atom. The highest BCUT2D eigenvalue weighted by Gasteiger charge is 2.24. The molecule has 1 aliphatic rings. The molecule has 118 valence electrons. The normalized spacial score (nSPS) is 16.8. The second kappa shape index (κ2) is 6.48. The fraction of sp³-hybridized carbons (Fsp3) is 0.471. The standard InChI is InChI=1S/C17H21FN2O2/c1-3-4-17-20-10-12(22-17)9-19-15-6-5-11-7-16(21-2)14(18)8-13(11)15/h7-8,10,15,19H,3-6,9H2,1-2H3. The largest absolute Gasteiger partial charge is 0.494 e. The molecule has 1 N–H and O–H groups in total. The van der Waals surface area contributed by atoms with Crippen LogP contribution in [-0.4, -0.2) is 12.1 Å². The maximum Gasteiger partial charge on any atom is 0.194 e. The maximum atomic E-state index is 13.9. The highest BCUT2D eigenvalue weighted by molar-refractivity contribution is 5.41. The van der Waals surface area contributed by atoms with Crippen molar-refractivity contribution in [1.29, 1.82) is 0 Å². The minimum atomic E-state index is -0.306. The zero-order valence-electron chi connectivity index (χ0n) is 13.0. The van der Waals surface area contributed by atoms with Crippen molar-refractivity contribution >= 4 is 0 Å². The van der Waals surface area contributed by atoms with E-state index in [0.29, 0.717) is 12.3 Å². The fourth-order valence-corrected chi connectivity index (χ4v) is 2.96. The van der Waals surface area contributed by atoms with Gasteiger partial charge in [0.25, 0.3) is 0 Å². The van der Waals surface area contributed by atoms with E-state index in [0.717, 1.165) is 48.5 Å². The molecule has 0 fully saturated rings. The Bertz CT molecular complexity index is 654. The molecule has 5 heteroatoms. The predicted molar refractivity (Wildman–Crippen MR) is 81.4 cm³/mol. The number of nitrogens with zero attached hydrogens (tertiary/aromatic N) is 1. The van der Waals surface area contributed by atoms with Gasteiger partial charge in [-0.2, -0.15) is 0 Å². The monoisotopic (exact) mass is 304 g/mol. The molecule has 0 aliphatic heterocycles. The third-order valence-corrected chi connectivity index (χ3v) is 4.08. The van der Waals surface area contributed by atoms with Gasteiger partial charge in [0, 0.05) is 12.5 Å². The topological polar surface area (TPSA) is 47.3 Å². The molecule has 1 heterocycles. The Labute approximate surface area is 129 Å². The van der Waals surface area contributed by atoms with Crippen LogP contribution in [0.3, 0.4) is 0 Å². The van der Waals surface area contributed by atoms with Gasteiger partial charge in [0.2, 0.25) is 0 Å². The summed E-state index contributed by atoms with van der Waals surface area (Å²) in [5.74, 6) is 1.62. The van der Waals surface area contributed by atoms with E-state index >= 15 is 0 Å². The Morgan fingerprint density at radius 2 is 2.32 bits per heavy atom. The molecule has 0 radical (unpaired) electrons. The lowest BCUT2D eigenvalue weighted by atomic mass is 10.1. The van der Waals surface area contributed by atoms with Crippen molar-refractivity contribution in [2.45, 2.75) is 45.2 Å². The summed E-state index contributed by atoms with van der Waals surface area (Å²) in [5, 5.41) is 3.43. The van der Waals surface area contributed by atoms with Gasteiger partial charge in [-0.25, -0.2) is 9.37 Å². The second-order valence-corrected chi connectivity index (χ2v) is 5.63. The van der Waals surface area contributed by atoms with E-state index in [1.165, 1.54) is 7.11 Å². The molecule has 1 aromatic heterocycles. The first-order valence-corrected chi connectivity index (χ1v) is 7.74. The number of hydrogen-bond acceptors (Lipinski definition) is 4. The lowest BCUT2D eigenvalue weighted by Gasteiger charge is -2.13. The Balaban J connectivity index is 1.67. The van der Waals surface area contributed by atoms with E-state index in [9.17, 15) is 4.39 Å². The van der Waals surface area contributed by atoms with Gasteiger partial charge < -0.3 is 14.5 Å². The van der Waals surface area contributed by atoms with E-state index in [4.69, 9.17) is 9.15 Å². The minimum Gasteiger partial charge on any atom is -0.494 e. The van der Waals surface area contributed by atoms with Crippen molar-refractivity contribution < 1.29 is 13.5 Å². The van der Waals surface area contributed by atoms with Gasteiger partial charge in [-0.05, 0) is 42.5 Å². The molecule has 0 saturated carbocycles. The van der Waals surface area contributed by atoms with E-state index in [1.807, 2.05) is 0 Å². The van der Waals surface area contributed by atoms with E-state index in [2.05, 4.69) is 17.2 Å². The molecule has 1 aromatic carbocycles. The molecule has 4 nitrogen and oxygen atoms in total. The van der Waals surface area contributed by atoms with E-state index < -0.39 is 0 Å². The average molecular weight is 304 g/mol. The van der Waals surface area contributed by atoms with Gasteiger partial charge in [-0.3, -0.25) is 0 Å². The third-order valence-electron chi connectivity index (χ3n) is 4.08. The van der Waals surface area contributed by atoms with Crippen LogP contribution in [-0.2, 0) is 19.4 Å². The molecule has 0 amide bonds. The van der Waals surface area contributed by atoms with Gasteiger partial charge in [-0.15, -0.1) is 0 Å². The van der Waals surface area contributed by atoms with Crippen LogP contribution in [0.5, 0.6) is 5.75 Å². The van der Waals surface area contributed by atoms with Crippen LogP contribution < -0.4 is 10.1 Å². The number of ether oxygens (including phenoxy) is 1. The van der Waals surface area contributed by atoms with Gasteiger partial charge in [0.05, 0.1) is 19.9 Å². The Hall–Kier alpha value is -1.88. The predicted octanol–water partition coefficient (Wildman–Crippen LogP) is 3.55. The molecular formula is C17H21FN2O2. The number of rotatable bonds is 6. The first-order chi connectivity index (χ1) is 10.7. The van der Waals surface area contributed by atoms with Crippen molar-refractivity contribution in [3.8, 4) is 5.75 Å². The van der Waals surface area contributed by atoms with Gasteiger partial charge >= 0.3 is 0 Å². The smallest absolute Gasteiger partial charge is 0.194 e. The summed E-state index contributed by atoms with van der Waals surface area (Å²) in [6, 6.07) is 3.54. The summed E-state index contributed by atoms with van der Waals surface area (Å²) in [7, 11) is 1.49. The van der Waals surface area contributed by atoms with E-state index in [-0.39, 0.29) is 11.9 Å². The van der Waals surface area contributed by atoms with Gasteiger partial charge in [0.15, 0.2) is 17.5 Å². The molecule has 22 heavy (non-hydrogen) atoms. The van der Waals surface area contributed by atoms with E-state index in [1.54, 1.807) is 18.3 Å². The summed E-state index contributed by atoms with van der Waals surface area (Å²) < 4.78 is 24.6. The van der Waals surface area contributed by atoms with Crippen LogP contribution in [0.4, 0.5) is 4.39 Å². The van der Waals surface area contributed by atoms with Crippen LogP contribution >= 0.6 is 0 Å². The van der Waals surface area contributed by atoms with Crippen molar-refractivity contribution in [2.75, 3.05) is 7.11 Å². The summed E-state index contributed by atoms with van der Waals surface area (Å²) in [4.78, 5) is 4.25. The quantitative estimate of drug-likeness (QED) is 0.886. The summed E-state index contributed by atoms with van der Waals surface area (Å²) in [6.45, 7) is 2.70. The molecular weight excluding hydrogens is 283 g/mol. The first kappa shape index (κ1) is 15.0. The fourth-order valence-electron chi connectivity index (χ4n) is 2.96. The third kappa shape index (κ3) is 2.99. The molecule has 0 saturated heterocycles. The number of fused-ring (bicyclic) bond motifs is 1. The lowest BCUT2D eigenvalue weighted by molar-refractivity contribution is 0.385. The van der Waals surface area contributed by atoms with Crippen molar-refractivity contribution in [3.05, 3.63) is 46.9 Å². The highest BCUT2D eigenvalue weighted by atomic mass is 19.1. The molecule has 1 atom stereocenters. The SMILES string of the molecule is CCCc1ncc(CNC2CCc3cc(OC)c(F)cc32)o1. The number of hydrogen-bond donors (Lipinski definition) is 1. The summed E-state index contributed by atoms with van der Waals surface area (Å²) in [6.07, 6.45) is 5.53. The highest BCUT2D eigenvalue weighted by Crippen LogP contribution is 2.35. The number of oxazole rings is 1. The van der Waals surface area contributed by atoms with Gasteiger partial charge in [0.1, 0.15) is 5.76 Å². The van der Waals surface area contributed by atoms with Crippen LogP contribution in [0.15, 0.2) is 22.7 Å². The minimum absolute atomic E-state index is 0.148. The number of aromatic nitrogens is 1. The molecule has 3 rings (SSSR count). The van der Waals surface area contributed by atoms with Crippen LogP contribution in [0.25, 0.3) is 0 Å². The summed E-state index contributed by atoms with van der Waals surface area (Å²) in [5.41, 5.74) is 2.17. The first-order valence-electron chi connectivity index (χ1n) is 7.74. The molecule has 1 unspecified atom stereocenters. The van der Waals surface area contributed by atoms with Crippen LogP contribution in [0.2, 0.25) is 0 Å². The second-order valence-electron chi connectivity index (χ2n) is 5.63. The molecule has 2 aromatic rings. The number of benzene rings is 1. The number of methoxy groups -OCH3 is 1. The lowest BCUT2D eigenvalue weighted by Crippen LogP contribution is -2.18.